The lowest BCUT2D eigenvalue weighted by molar-refractivity contribution is 0.0776. The van der Waals surface area contributed by atoms with Crippen molar-refractivity contribution in [2.45, 2.75) is 25.8 Å². The van der Waals surface area contributed by atoms with Gasteiger partial charge >= 0.3 is 0 Å². The summed E-state index contributed by atoms with van der Waals surface area (Å²) in [5.41, 5.74) is 2.93. The summed E-state index contributed by atoms with van der Waals surface area (Å²) in [5.74, 6) is 2.82. The van der Waals surface area contributed by atoms with Gasteiger partial charge < -0.3 is 29.2 Å². The highest BCUT2D eigenvalue weighted by atomic mass is 16.5. The third kappa shape index (κ3) is 5.41. The number of hydrogen-bond donors (Lipinski definition) is 1. The van der Waals surface area contributed by atoms with Gasteiger partial charge in [0.1, 0.15) is 0 Å². The van der Waals surface area contributed by atoms with Gasteiger partial charge in [0.2, 0.25) is 0 Å². The third-order valence-corrected chi connectivity index (χ3v) is 5.54. The summed E-state index contributed by atoms with van der Waals surface area (Å²) in [4.78, 5) is 14.6. The summed E-state index contributed by atoms with van der Waals surface area (Å²) >= 11 is 0. The highest BCUT2D eigenvalue weighted by Gasteiger charge is 2.28. The first-order chi connectivity index (χ1) is 15.1. The second-order valence-electron chi connectivity index (χ2n) is 7.49. The molecule has 0 bridgehead atoms. The molecule has 0 aliphatic carbocycles. The number of benzene rings is 2. The molecule has 1 heterocycles. The number of rotatable bonds is 12. The van der Waals surface area contributed by atoms with Crippen molar-refractivity contribution in [1.29, 1.82) is 0 Å². The quantitative estimate of drug-likeness (QED) is 0.523. The van der Waals surface area contributed by atoms with Crippen molar-refractivity contribution in [3.63, 3.8) is 0 Å². The molecule has 0 aromatic heterocycles. The number of methoxy groups -OCH3 is 4. The molecule has 7 heteroatoms. The molecule has 0 unspecified atom stereocenters. The fraction of sp³-hybridized carbons (Fsp3) is 0.458. The van der Waals surface area contributed by atoms with E-state index in [2.05, 4.69) is 11.4 Å². The Kier molecular flexibility index (Phi) is 8.00. The van der Waals surface area contributed by atoms with E-state index >= 15 is 0 Å². The van der Waals surface area contributed by atoms with Crippen LogP contribution in [0.25, 0.3) is 0 Å². The van der Waals surface area contributed by atoms with E-state index < -0.39 is 0 Å². The summed E-state index contributed by atoms with van der Waals surface area (Å²) in [6.07, 6.45) is 2.91. The van der Waals surface area contributed by atoms with E-state index in [1.54, 1.807) is 34.5 Å². The van der Waals surface area contributed by atoms with E-state index in [0.29, 0.717) is 23.6 Å². The first-order valence-electron chi connectivity index (χ1n) is 10.6. The average Bonchev–Trinajstić information content (AvgIpc) is 3.11. The highest BCUT2D eigenvalue weighted by molar-refractivity contribution is 5.99. The normalized spacial score (nSPS) is 12.6. The minimum Gasteiger partial charge on any atom is -0.493 e. The van der Waals surface area contributed by atoms with Crippen LogP contribution in [0.3, 0.4) is 0 Å². The van der Waals surface area contributed by atoms with Crippen molar-refractivity contribution >= 4 is 5.91 Å². The van der Waals surface area contributed by atoms with Gasteiger partial charge in [-0.3, -0.25) is 4.79 Å². The van der Waals surface area contributed by atoms with E-state index in [4.69, 9.17) is 18.9 Å². The Bertz CT molecular complexity index is 900. The molecule has 0 atom stereocenters. The lowest BCUT2D eigenvalue weighted by Crippen LogP contribution is -2.28. The smallest absolute Gasteiger partial charge is 0.254 e. The van der Waals surface area contributed by atoms with E-state index in [0.717, 1.165) is 56.0 Å². The molecule has 0 saturated heterocycles. The zero-order valence-corrected chi connectivity index (χ0v) is 18.8. The van der Waals surface area contributed by atoms with Crippen LogP contribution < -0.4 is 24.3 Å². The number of ether oxygens (including phenoxy) is 4. The second kappa shape index (κ2) is 10.9. The zero-order valence-electron chi connectivity index (χ0n) is 18.8. The van der Waals surface area contributed by atoms with Crippen LogP contribution in [-0.4, -0.2) is 58.9 Å². The van der Waals surface area contributed by atoms with Crippen LogP contribution in [0.4, 0.5) is 0 Å². The van der Waals surface area contributed by atoms with Crippen molar-refractivity contribution in [2.24, 2.45) is 0 Å². The van der Waals surface area contributed by atoms with Crippen LogP contribution in [0.15, 0.2) is 30.3 Å². The largest absolute Gasteiger partial charge is 0.493 e. The van der Waals surface area contributed by atoms with E-state index in [9.17, 15) is 4.79 Å². The Balaban J connectivity index is 1.37. The van der Waals surface area contributed by atoms with Crippen molar-refractivity contribution < 1.29 is 23.7 Å². The monoisotopic (exact) mass is 428 g/mol. The van der Waals surface area contributed by atoms with Crippen LogP contribution in [0.1, 0.15) is 34.3 Å². The van der Waals surface area contributed by atoms with Gasteiger partial charge in [-0.15, -0.1) is 0 Å². The first kappa shape index (κ1) is 22.7. The molecular weight excluding hydrogens is 396 g/mol. The van der Waals surface area contributed by atoms with Gasteiger partial charge in [-0.05, 0) is 67.7 Å². The Labute approximate surface area is 184 Å². The topological polar surface area (TPSA) is 69.3 Å². The number of hydrogen-bond acceptors (Lipinski definition) is 6. The molecular formula is C24H32N2O5. The minimum absolute atomic E-state index is 0.0596. The van der Waals surface area contributed by atoms with Crippen LogP contribution in [-0.2, 0) is 13.0 Å². The molecule has 3 rings (SSSR count). The predicted octanol–water partition coefficient (Wildman–Crippen LogP) is 3.29. The third-order valence-electron chi connectivity index (χ3n) is 5.54. The molecule has 1 aliphatic rings. The fourth-order valence-electron chi connectivity index (χ4n) is 3.85. The average molecular weight is 429 g/mol. The summed E-state index contributed by atoms with van der Waals surface area (Å²) < 4.78 is 21.3. The van der Waals surface area contributed by atoms with Crippen molar-refractivity contribution in [2.75, 3.05) is 48.1 Å². The molecule has 1 N–H and O–H groups in total. The standard InChI is InChI=1S/C24H32N2O5/c1-28-20-9-8-17(13-21(20)29-2)7-5-10-25-11-6-12-26-16-18-14-22(30-3)23(31-4)15-19(18)24(26)27/h8-9,13-15,25H,5-7,10-12,16H2,1-4H3. The number of amides is 1. The van der Waals surface area contributed by atoms with Gasteiger partial charge in [0, 0.05) is 18.7 Å². The summed E-state index contributed by atoms with van der Waals surface area (Å²) in [5, 5.41) is 3.47. The SMILES string of the molecule is COc1ccc(CCCNCCCN2Cc3cc(OC)c(OC)cc3C2=O)cc1OC. The van der Waals surface area contributed by atoms with E-state index in [1.807, 2.05) is 23.1 Å². The van der Waals surface area contributed by atoms with Crippen LogP contribution >= 0.6 is 0 Å². The molecule has 0 fully saturated rings. The number of nitrogens with one attached hydrogen (secondary N) is 1. The fourth-order valence-corrected chi connectivity index (χ4v) is 3.85. The van der Waals surface area contributed by atoms with Gasteiger partial charge in [-0.1, -0.05) is 6.07 Å². The molecule has 2 aromatic rings. The maximum absolute atomic E-state index is 12.7. The van der Waals surface area contributed by atoms with Gasteiger partial charge in [0.05, 0.1) is 28.4 Å². The van der Waals surface area contributed by atoms with Crippen molar-refractivity contribution in [3.8, 4) is 23.0 Å². The highest BCUT2D eigenvalue weighted by Crippen LogP contribution is 2.35. The zero-order chi connectivity index (χ0) is 22.2. The Morgan fingerprint density at radius 1 is 0.839 bits per heavy atom. The Morgan fingerprint density at radius 3 is 2.19 bits per heavy atom. The summed E-state index contributed by atoms with van der Waals surface area (Å²) in [6, 6.07) is 9.72. The maximum Gasteiger partial charge on any atom is 0.254 e. The van der Waals surface area contributed by atoms with Gasteiger partial charge in [-0.2, -0.15) is 0 Å². The molecule has 0 saturated carbocycles. The van der Waals surface area contributed by atoms with E-state index in [-0.39, 0.29) is 5.91 Å². The first-order valence-corrected chi connectivity index (χ1v) is 10.6. The molecule has 7 nitrogen and oxygen atoms in total. The number of carbonyl (C=O) groups is 1. The predicted molar refractivity (Wildman–Crippen MR) is 120 cm³/mol. The molecule has 0 spiro atoms. The lowest BCUT2D eigenvalue weighted by atomic mass is 10.1. The summed E-state index contributed by atoms with van der Waals surface area (Å²) in [7, 11) is 6.48. The van der Waals surface area contributed by atoms with Crippen LogP contribution in [0.2, 0.25) is 0 Å². The Hall–Kier alpha value is -2.93. The van der Waals surface area contributed by atoms with Crippen molar-refractivity contribution in [1.82, 2.24) is 10.2 Å². The number of carbonyl (C=O) groups excluding carboxylic acids is 1. The Morgan fingerprint density at radius 2 is 1.48 bits per heavy atom. The number of aryl methyl sites for hydroxylation is 1. The van der Waals surface area contributed by atoms with Gasteiger partial charge in [-0.25, -0.2) is 0 Å². The summed E-state index contributed by atoms with van der Waals surface area (Å²) in [6.45, 7) is 3.14. The molecule has 2 aromatic carbocycles. The molecule has 1 amide bonds. The molecule has 0 radical (unpaired) electrons. The number of nitrogens with zero attached hydrogens (tertiary/aromatic N) is 1. The minimum atomic E-state index is 0.0596. The number of fused-ring (bicyclic) bond motifs is 1. The molecule has 168 valence electrons. The lowest BCUT2D eigenvalue weighted by Gasteiger charge is -2.15. The molecule has 1 aliphatic heterocycles. The maximum atomic E-state index is 12.7. The van der Waals surface area contributed by atoms with Gasteiger partial charge in [0.15, 0.2) is 23.0 Å². The van der Waals surface area contributed by atoms with E-state index in [1.165, 1.54) is 5.56 Å². The van der Waals surface area contributed by atoms with Gasteiger partial charge in [0.25, 0.3) is 5.91 Å². The molecule has 31 heavy (non-hydrogen) atoms. The van der Waals surface area contributed by atoms with Crippen molar-refractivity contribution in [3.05, 3.63) is 47.0 Å². The van der Waals surface area contributed by atoms with Crippen LogP contribution in [0.5, 0.6) is 23.0 Å². The second-order valence-corrected chi connectivity index (χ2v) is 7.49. The van der Waals surface area contributed by atoms with Crippen LogP contribution in [0, 0.1) is 0 Å².